The van der Waals surface area contributed by atoms with Gasteiger partial charge in [0, 0.05) is 7.11 Å². The molecule has 0 radical (unpaired) electrons. The molecule has 1 heteroatoms. The third-order valence-corrected chi connectivity index (χ3v) is 2.22. The van der Waals surface area contributed by atoms with Crippen LogP contribution in [0.15, 0.2) is 30.3 Å². The van der Waals surface area contributed by atoms with E-state index in [9.17, 15) is 0 Å². The summed E-state index contributed by atoms with van der Waals surface area (Å²) in [4.78, 5) is 0. The maximum atomic E-state index is 5.16. The number of hydrogen-bond acceptors (Lipinski definition) is 1. The van der Waals surface area contributed by atoms with Crippen LogP contribution in [-0.4, -0.2) is 13.2 Å². The summed E-state index contributed by atoms with van der Waals surface area (Å²) in [6, 6.07) is 8.47. The average Bonchev–Trinajstić information content (AvgIpc) is 2.17. The summed E-state index contributed by atoms with van der Waals surface area (Å²) in [5.41, 5.74) is 2.56. The number of benzene rings is 1. The van der Waals surface area contributed by atoms with Crippen LogP contribution in [0, 0.1) is 6.92 Å². The van der Waals surface area contributed by atoms with Crippen LogP contribution in [0.1, 0.15) is 24.5 Å². The van der Waals surface area contributed by atoms with E-state index < -0.39 is 0 Å². The molecule has 1 aromatic rings. The van der Waals surface area contributed by atoms with Crippen LogP contribution in [0.2, 0.25) is 0 Å². The fourth-order valence-corrected chi connectivity index (χ4v) is 1.27. The van der Waals surface area contributed by atoms with Crippen molar-refractivity contribution >= 4 is 6.08 Å². The van der Waals surface area contributed by atoms with E-state index in [0.29, 0.717) is 6.10 Å². The fourth-order valence-electron chi connectivity index (χ4n) is 1.27. The Morgan fingerprint density at radius 3 is 2.86 bits per heavy atom. The van der Waals surface area contributed by atoms with Gasteiger partial charge in [-0.3, -0.25) is 0 Å². The van der Waals surface area contributed by atoms with Crippen LogP contribution >= 0.6 is 0 Å². The van der Waals surface area contributed by atoms with Crippen molar-refractivity contribution in [3.8, 4) is 0 Å². The Kier molecular flexibility index (Phi) is 4.41. The van der Waals surface area contributed by atoms with Gasteiger partial charge in [-0.2, -0.15) is 0 Å². The molecule has 0 spiro atoms. The molecule has 14 heavy (non-hydrogen) atoms. The highest BCUT2D eigenvalue weighted by Gasteiger charge is 1.93. The Labute approximate surface area is 86.4 Å². The lowest BCUT2D eigenvalue weighted by Crippen LogP contribution is -2.01. The molecule has 1 atom stereocenters. The zero-order valence-corrected chi connectivity index (χ0v) is 9.16. The molecule has 0 fully saturated rings. The van der Waals surface area contributed by atoms with Crippen molar-refractivity contribution in [1.29, 1.82) is 0 Å². The predicted octanol–water partition coefficient (Wildman–Crippen LogP) is 3.43. The summed E-state index contributed by atoms with van der Waals surface area (Å²) in [6.07, 6.45) is 5.56. The van der Waals surface area contributed by atoms with Gasteiger partial charge in [0.15, 0.2) is 0 Å². The second-order valence-electron chi connectivity index (χ2n) is 3.60. The molecule has 0 aliphatic heterocycles. The van der Waals surface area contributed by atoms with Gasteiger partial charge in [-0.1, -0.05) is 42.0 Å². The number of hydrogen-bond donors (Lipinski definition) is 0. The monoisotopic (exact) mass is 190 g/mol. The largest absolute Gasteiger partial charge is 0.381 e. The third kappa shape index (κ3) is 3.75. The van der Waals surface area contributed by atoms with Crippen LogP contribution in [0.3, 0.4) is 0 Å². The summed E-state index contributed by atoms with van der Waals surface area (Å²) >= 11 is 0. The van der Waals surface area contributed by atoms with E-state index in [0.717, 1.165) is 6.42 Å². The Balaban J connectivity index is 2.51. The van der Waals surface area contributed by atoms with Crippen LogP contribution in [0.4, 0.5) is 0 Å². The molecular weight excluding hydrogens is 172 g/mol. The standard InChI is InChI=1S/C13H18O/c1-11-6-4-8-13(10-11)9-5-7-12(2)14-3/h4-6,8-10,12H,7H2,1-3H3/b9-5+/t12-/m0/s1. The Morgan fingerprint density at radius 1 is 1.43 bits per heavy atom. The van der Waals surface area contributed by atoms with E-state index >= 15 is 0 Å². The van der Waals surface area contributed by atoms with Gasteiger partial charge in [0.05, 0.1) is 6.10 Å². The lowest BCUT2D eigenvalue weighted by atomic mass is 10.1. The van der Waals surface area contributed by atoms with Gasteiger partial charge in [-0.05, 0) is 25.8 Å². The van der Waals surface area contributed by atoms with Crippen LogP contribution in [0.25, 0.3) is 6.08 Å². The molecule has 1 rings (SSSR count). The second kappa shape index (κ2) is 5.61. The summed E-state index contributed by atoms with van der Waals surface area (Å²) < 4.78 is 5.16. The molecule has 1 nitrogen and oxygen atoms in total. The van der Waals surface area contributed by atoms with Crippen LogP contribution in [0.5, 0.6) is 0 Å². The van der Waals surface area contributed by atoms with Crippen molar-refractivity contribution in [2.75, 3.05) is 7.11 Å². The molecule has 0 N–H and O–H groups in total. The lowest BCUT2D eigenvalue weighted by Gasteiger charge is -2.04. The first-order valence-corrected chi connectivity index (χ1v) is 4.98. The smallest absolute Gasteiger partial charge is 0.0577 e. The maximum Gasteiger partial charge on any atom is 0.0577 e. The van der Waals surface area contributed by atoms with E-state index in [1.54, 1.807) is 7.11 Å². The maximum absolute atomic E-state index is 5.16. The molecular formula is C13H18O. The Hall–Kier alpha value is -1.08. The van der Waals surface area contributed by atoms with E-state index in [1.165, 1.54) is 11.1 Å². The number of rotatable bonds is 4. The van der Waals surface area contributed by atoms with Gasteiger partial charge in [0.1, 0.15) is 0 Å². The highest BCUT2D eigenvalue weighted by atomic mass is 16.5. The zero-order valence-electron chi connectivity index (χ0n) is 9.16. The molecule has 0 aliphatic rings. The van der Waals surface area contributed by atoms with Crippen molar-refractivity contribution in [2.45, 2.75) is 26.4 Å². The molecule has 0 aromatic heterocycles. The quantitative estimate of drug-likeness (QED) is 0.706. The van der Waals surface area contributed by atoms with Gasteiger partial charge >= 0.3 is 0 Å². The predicted molar refractivity (Wildman–Crippen MR) is 61.3 cm³/mol. The summed E-state index contributed by atoms with van der Waals surface area (Å²) in [6.45, 7) is 4.18. The molecule has 0 saturated heterocycles. The van der Waals surface area contributed by atoms with Crippen LogP contribution in [-0.2, 0) is 4.74 Å². The van der Waals surface area contributed by atoms with Gasteiger partial charge in [0.2, 0.25) is 0 Å². The lowest BCUT2D eigenvalue weighted by molar-refractivity contribution is 0.121. The fraction of sp³-hybridized carbons (Fsp3) is 0.385. The number of ether oxygens (including phenoxy) is 1. The minimum absolute atomic E-state index is 0.302. The van der Waals surface area contributed by atoms with Crippen molar-refractivity contribution in [3.05, 3.63) is 41.5 Å². The van der Waals surface area contributed by atoms with Gasteiger partial charge in [-0.15, -0.1) is 0 Å². The second-order valence-corrected chi connectivity index (χ2v) is 3.60. The van der Waals surface area contributed by atoms with E-state index in [2.05, 4.69) is 50.3 Å². The topological polar surface area (TPSA) is 9.23 Å². The molecule has 0 aliphatic carbocycles. The van der Waals surface area contributed by atoms with Crippen molar-refractivity contribution in [2.24, 2.45) is 0 Å². The highest BCUT2D eigenvalue weighted by Crippen LogP contribution is 2.07. The molecule has 76 valence electrons. The van der Waals surface area contributed by atoms with Crippen molar-refractivity contribution in [3.63, 3.8) is 0 Å². The normalized spacial score (nSPS) is 13.4. The Morgan fingerprint density at radius 2 is 2.21 bits per heavy atom. The van der Waals surface area contributed by atoms with E-state index in [1.807, 2.05) is 0 Å². The summed E-state index contributed by atoms with van der Waals surface area (Å²) in [5, 5.41) is 0. The molecule has 1 aromatic carbocycles. The SMILES string of the molecule is CO[C@@H](C)C/C=C/c1cccc(C)c1. The van der Waals surface area contributed by atoms with E-state index in [4.69, 9.17) is 4.74 Å². The molecule has 0 saturated carbocycles. The minimum Gasteiger partial charge on any atom is -0.381 e. The summed E-state index contributed by atoms with van der Waals surface area (Å²) in [7, 11) is 1.74. The van der Waals surface area contributed by atoms with Crippen molar-refractivity contribution in [1.82, 2.24) is 0 Å². The molecule has 0 bridgehead atoms. The molecule has 0 heterocycles. The third-order valence-electron chi connectivity index (χ3n) is 2.22. The van der Waals surface area contributed by atoms with E-state index in [-0.39, 0.29) is 0 Å². The highest BCUT2D eigenvalue weighted by molar-refractivity contribution is 5.50. The van der Waals surface area contributed by atoms with Gasteiger partial charge in [0.25, 0.3) is 0 Å². The molecule has 0 amide bonds. The Bertz CT molecular complexity index is 302. The minimum atomic E-state index is 0.302. The van der Waals surface area contributed by atoms with Gasteiger partial charge in [-0.25, -0.2) is 0 Å². The zero-order chi connectivity index (χ0) is 10.4. The first-order chi connectivity index (χ1) is 6.72. The number of methoxy groups -OCH3 is 1. The number of aryl methyl sites for hydroxylation is 1. The van der Waals surface area contributed by atoms with Gasteiger partial charge < -0.3 is 4.74 Å². The van der Waals surface area contributed by atoms with Crippen molar-refractivity contribution < 1.29 is 4.74 Å². The summed E-state index contributed by atoms with van der Waals surface area (Å²) in [5.74, 6) is 0. The molecule has 0 unspecified atom stereocenters. The first kappa shape index (κ1) is 11.0. The average molecular weight is 190 g/mol. The first-order valence-electron chi connectivity index (χ1n) is 4.98. The van der Waals surface area contributed by atoms with Crippen LogP contribution < -0.4 is 0 Å².